The Balaban J connectivity index is 0.977. The van der Waals surface area contributed by atoms with Gasteiger partial charge in [-0.1, -0.05) is 24.3 Å². The van der Waals surface area contributed by atoms with Crippen molar-refractivity contribution in [2.75, 3.05) is 57.7 Å². The van der Waals surface area contributed by atoms with Crippen molar-refractivity contribution in [1.29, 1.82) is 0 Å². The minimum absolute atomic E-state index is 0.0105. The van der Waals surface area contributed by atoms with Crippen LogP contribution >= 0.6 is 0 Å². The van der Waals surface area contributed by atoms with Crippen LogP contribution < -0.4 is 5.32 Å². The number of carboxylic acid groups (broad SMARTS) is 1. The van der Waals surface area contributed by atoms with Crippen LogP contribution in [0.4, 0.5) is 15.3 Å². The fraction of sp³-hybridized carbons (Fsp3) is 0.553. The number of carbonyl (C=O) groups is 4. The predicted molar refractivity (Wildman–Crippen MR) is 190 cm³/mol. The first-order valence-corrected chi connectivity index (χ1v) is 18.5. The number of aromatic nitrogens is 2. The third-order valence-corrected chi connectivity index (χ3v) is 11.5. The van der Waals surface area contributed by atoms with Crippen molar-refractivity contribution in [3.05, 3.63) is 65.6 Å². The number of hydrogen-bond donors (Lipinski definition) is 2. The number of nitrogens with zero attached hydrogens (tertiary/aromatic N) is 6. The molecule has 3 saturated heterocycles. The fourth-order valence-electron chi connectivity index (χ4n) is 8.65. The first-order chi connectivity index (χ1) is 24.7. The summed E-state index contributed by atoms with van der Waals surface area (Å²) in [6, 6.07) is 9.80. The summed E-state index contributed by atoms with van der Waals surface area (Å²) in [6.45, 7) is 6.40. The zero-order chi connectivity index (χ0) is 35.5. The van der Waals surface area contributed by atoms with Crippen molar-refractivity contribution >= 4 is 35.3 Å². The quantitative estimate of drug-likeness (QED) is 0.355. The topological polar surface area (TPSA) is 140 Å². The van der Waals surface area contributed by atoms with Gasteiger partial charge in [0.1, 0.15) is 5.65 Å². The Morgan fingerprint density at radius 3 is 2.35 bits per heavy atom. The number of carboxylic acids is 1. The number of imidazole rings is 1. The maximum absolute atomic E-state index is 14.2. The zero-order valence-corrected chi connectivity index (χ0v) is 29.4. The molecule has 7 rings (SSSR count). The number of aryl methyl sites for hydroxylation is 1. The number of amides is 4. The molecule has 4 amide bonds. The molecule has 272 valence electrons. The van der Waals surface area contributed by atoms with Gasteiger partial charge in [0.25, 0.3) is 5.91 Å². The number of fused-ring (bicyclic) bond motifs is 2. The summed E-state index contributed by atoms with van der Waals surface area (Å²) in [7, 11) is 0. The number of pyridine rings is 1. The number of urea groups is 1. The molecule has 6 heterocycles. The third kappa shape index (κ3) is 7.98. The van der Waals surface area contributed by atoms with E-state index in [1.54, 1.807) is 11.1 Å². The highest BCUT2D eigenvalue weighted by atomic mass is 16.6. The molecule has 3 fully saturated rings. The molecule has 0 radical (unpaired) electrons. The molecular formula is C38H49N7O6. The summed E-state index contributed by atoms with van der Waals surface area (Å²) in [5, 5.41) is 12.2. The van der Waals surface area contributed by atoms with Gasteiger partial charge in [-0.25, -0.2) is 14.6 Å². The van der Waals surface area contributed by atoms with Gasteiger partial charge in [0, 0.05) is 69.5 Å². The zero-order valence-electron chi connectivity index (χ0n) is 29.4. The molecule has 0 spiro atoms. The first-order valence-electron chi connectivity index (χ1n) is 18.5. The van der Waals surface area contributed by atoms with E-state index in [1.165, 1.54) is 0 Å². The van der Waals surface area contributed by atoms with Gasteiger partial charge in [0.15, 0.2) is 6.10 Å². The summed E-state index contributed by atoms with van der Waals surface area (Å²) in [5.74, 6) is 0.0743. The van der Waals surface area contributed by atoms with Crippen molar-refractivity contribution < 1.29 is 29.0 Å². The van der Waals surface area contributed by atoms with Gasteiger partial charge < -0.3 is 34.3 Å². The lowest BCUT2D eigenvalue weighted by Crippen LogP contribution is -2.52. The minimum Gasteiger partial charge on any atom is -0.480 e. The van der Waals surface area contributed by atoms with Crippen LogP contribution in [0.3, 0.4) is 0 Å². The maximum Gasteiger partial charge on any atom is 0.410 e. The van der Waals surface area contributed by atoms with Crippen molar-refractivity contribution in [1.82, 2.24) is 29.0 Å². The van der Waals surface area contributed by atoms with E-state index in [-0.39, 0.29) is 30.9 Å². The second kappa shape index (κ2) is 15.3. The summed E-state index contributed by atoms with van der Waals surface area (Å²) in [6.07, 6.45) is 10.1. The number of likely N-dealkylation sites (tertiary alicyclic amines) is 3. The molecule has 0 bridgehead atoms. The molecule has 2 N–H and O–H groups in total. The summed E-state index contributed by atoms with van der Waals surface area (Å²) in [4.78, 5) is 64.0. The van der Waals surface area contributed by atoms with Crippen molar-refractivity contribution in [2.24, 2.45) is 11.8 Å². The Hall–Kier alpha value is -4.65. The lowest BCUT2D eigenvalue weighted by atomic mass is 9.78. The van der Waals surface area contributed by atoms with Gasteiger partial charge in [-0.15, -0.1) is 0 Å². The monoisotopic (exact) mass is 699 g/mol. The predicted octanol–water partition coefficient (Wildman–Crippen LogP) is 4.28. The number of anilines is 1. The standard InChI is InChI=1S/C38H49N7O6/c1-26-22-27(24-44-21-13-39-35(26)44)23-33(36(48)42-16-8-29(9-17-42)28-6-14-41(15-7-28)25-34(46)47)51-38(50)43-18-11-31(12-19-43)45-20-10-30-4-2-3-5-32(30)40-37(45)49/h2-5,13,21-22,24,28-29,31,33H,6-12,14-20,23,25H2,1H3,(H,40,49)(H,46,47)/t33-/m1/s1. The molecule has 0 unspecified atom stereocenters. The van der Waals surface area contributed by atoms with E-state index in [0.717, 1.165) is 73.2 Å². The molecule has 0 saturated carbocycles. The number of aliphatic carboxylic acids is 1. The van der Waals surface area contributed by atoms with E-state index in [1.807, 2.05) is 68.7 Å². The van der Waals surface area contributed by atoms with Crippen LogP contribution in [0.1, 0.15) is 55.2 Å². The van der Waals surface area contributed by atoms with Gasteiger partial charge in [0.2, 0.25) is 0 Å². The highest BCUT2D eigenvalue weighted by Crippen LogP contribution is 2.33. The molecular weight excluding hydrogens is 650 g/mol. The Labute approximate surface area is 298 Å². The summed E-state index contributed by atoms with van der Waals surface area (Å²) >= 11 is 0. The van der Waals surface area contributed by atoms with Gasteiger partial charge in [-0.3, -0.25) is 14.5 Å². The van der Waals surface area contributed by atoms with Crippen LogP contribution in [0.5, 0.6) is 0 Å². The lowest BCUT2D eigenvalue weighted by Gasteiger charge is -2.41. The number of hydrogen-bond acceptors (Lipinski definition) is 7. The largest absolute Gasteiger partial charge is 0.480 e. The minimum atomic E-state index is -0.971. The SMILES string of the molecule is Cc1cc(C[C@@H](OC(=O)N2CCC(N3CCc4ccccc4NC3=O)CC2)C(=O)N2CCC(C3CCN(CC(=O)O)CC3)CC2)cn2ccnc12. The fourth-order valence-corrected chi connectivity index (χ4v) is 8.65. The first kappa shape index (κ1) is 34.8. The second-order valence-corrected chi connectivity index (χ2v) is 14.7. The summed E-state index contributed by atoms with van der Waals surface area (Å²) < 4.78 is 8.05. The normalized spacial score (nSPS) is 20.5. The molecule has 1 aromatic carbocycles. The van der Waals surface area contributed by atoms with Crippen LogP contribution in [0.2, 0.25) is 0 Å². The molecule has 13 nitrogen and oxygen atoms in total. The van der Waals surface area contributed by atoms with Crippen molar-refractivity contribution in [3.63, 3.8) is 0 Å². The van der Waals surface area contributed by atoms with Crippen molar-refractivity contribution in [3.8, 4) is 0 Å². The van der Waals surface area contributed by atoms with E-state index in [0.29, 0.717) is 57.4 Å². The smallest absolute Gasteiger partial charge is 0.410 e. The maximum atomic E-state index is 14.2. The lowest BCUT2D eigenvalue weighted by molar-refractivity contribution is -0.142. The number of piperidine rings is 3. The van der Waals surface area contributed by atoms with Gasteiger partial charge in [0.05, 0.1) is 6.54 Å². The molecule has 3 aromatic rings. The molecule has 0 aliphatic carbocycles. The van der Waals surface area contributed by atoms with E-state index < -0.39 is 18.2 Å². The molecule has 4 aliphatic rings. The Morgan fingerprint density at radius 1 is 0.941 bits per heavy atom. The number of benzene rings is 1. The number of nitrogens with one attached hydrogen (secondary N) is 1. The van der Waals surface area contributed by atoms with Crippen LogP contribution in [0, 0.1) is 18.8 Å². The van der Waals surface area contributed by atoms with E-state index >= 15 is 0 Å². The molecule has 13 heteroatoms. The Morgan fingerprint density at radius 2 is 1.63 bits per heavy atom. The number of carbonyl (C=O) groups excluding carboxylic acids is 3. The van der Waals surface area contributed by atoms with Gasteiger partial charge in [-0.2, -0.15) is 0 Å². The van der Waals surface area contributed by atoms with E-state index in [9.17, 15) is 19.2 Å². The average molecular weight is 700 g/mol. The Bertz CT molecular complexity index is 1740. The van der Waals surface area contributed by atoms with Gasteiger partial charge in [-0.05, 0) is 99.6 Å². The van der Waals surface area contributed by atoms with Crippen LogP contribution in [0.25, 0.3) is 5.65 Å². The number of ether oxygens (including phenoxy) is 1. The highest BCUT2D eigenvalue weighted by molar-refractivity contribution is 5.91. The molecule has 51 heavy (non-hydrogen) atoms. The van der Waals surface area contributed by atoms with Crippen LogP contribution in [-0.4, -0.2) is 123 Å². The Kier molecular flexibility index (Phi) is 10.4. The van der Waals surface area contributed by atoms with E-state index in [4.69, 9.17) is 9.84 Å². The van der Waals surface area contributed by atoms with Crippen molar-refractivity contribution in [2.45, 2.75) is 70.4 Å². The number of para-hydroxylation sites is 1. The molecule has 4 aliphatic heterocycles. The number of rotatable bonds is 8. The highest BCUT2D eigenvalue weighted by Gasteiger charge is 2.37. The van der Waals surface area contributed by atoms with E-state index in [2.05, 4.69) is 10.3 Å². The second-order valence-electron chi connectivity index (χ2n) is 14.7. The van der Waals surface area contributed by atoms with Gasteiger partial charge >= 0.3 is 18.1 Å². The molecule has 2 aromatic heterocycles. The summed E-state index contributed by atoms with van der Waals surface area (Å²) in [5.41, 5.74) is 4.69. The average Bonchev–Trinajstić information content (AvgIpc) is 3.55. The van der Waals surface area contributed by atoms with Crippen LogP contribution in [0.15, 0.2) is 48.9 Å². The third-order valence-electron chi connectivity index (χ3n) is 11.5. The molecule has 1 atom stereocenters. The van der Waals surface area contributed by atoms with Crippen LogP contribution in [-0.2, 0) is 27.2 Å².